The summed E-state index contributed by atoms with van der Waals surface area (Å²) in [5.41, 5.74) is 2.19. The normalized spacial score (nSPS) is 10.6. The Hall–Kier alpha value is -2.08. The summed E-state index contributed by atoms with van der Waals surface area (Å²) in [5.74, 6) is 0.684. The first-order valence-electron chi connectivity index (χ1n) is 6.52. The van der Waals surface area contributed by atoms with E-state index < -0.39 is 4.92 Å². The SMILES string of the molecule is Cc1ccc(SCCn2cc([N+](=O)[O-])ccc2=O)cc1C. The van der Waals surface area contributed by atoms with Crippen molar-refractivity contribution in [2.75, 3.05) is 5.75 Å². The van der Waals surface area contributed by atoms with E-state index in [2.05, 4.69) is 26.0 Å². The number of aromatic nitrogens is 1. The number of pyridine rings is 1. The highest BCUT2D eigenvalue weighted by molar-refractivity contribution is 7.99. The van der Waals surface area contributed by atoms with Gasteiger partial charge in [0.2, 0.25) is 0 Å². The van der Waals surface area contributed by atoms with Gasteiger partial charge in [-0.25, -0.2) is 0 Å². The zero-order chi connectivity index (χ0) is 15.4. The molecule has 0 saturated heterocycles. The Bertz CT molecular complexity index is 725. The summed E-state index contributed by atoms with van der Waals surface area (Å²) in [6.45, 7) is 4.56. The molecule has 0 N–H and O–H groups in total. The van der Waals surface area contributed by atoms with Crippen LogP contribution >= 0.6 is 11.8 Å². The van der Waals surface area contributed by atoms with E-state index in [9.17, 15) is 14.9 Å². The molecule has 1 aromatic heterocycles. The third kappa shape index (κ3) is 3.95. The lowest BCUT2D eigenvalue weighted by atomic mass is 10.1. The summed E-state index contributed by atoms with van der Waals surface area (Å²) in [5, 5.41) is 10.7. The van der Waals surface area contributed by atoms with Gasteiger partial charge in [-0.05, 0) is 37.1 Å². The van der Waals surface area contributed by atoms with Crippen LogP contribution in [0.5, 0.6) is 0 Å². The molecule has 21 heavy (non-hydrogen) atoms. The van der Waals surface area contributed by atoms with Crippen LogP contribution in [0, 0.1) is 24.0 Å². The second-order valence-corrected chi connectivity index (χ2v) is 5.94. The van der Waals surface area contributed by atoms with Crippen LogP contribution in [-0.2, 0) is 6.54 Å². The molecule has 2 rings (SSSR count). The Balaban J connectivity index is 2.03. The standard InChI is InChI=1S/C15H16N2O3S/c1-11-3-5-14(9-12(11)2)21-8-7-16-10-13(17(19)20)4-6-15(16)18/h3-6,9-10H,7-8H2,1-2H3. The molecule has 2 aromatic rings. The largest absolute Gasteiger partial charge is 0.308 e. The van der Waals surface area contributed by atoms with Crippen LogP contribution in [0.15, 0.2) is 46.2 Å². The summed E-state index contributed by atoms with van der Waals surface area (Å²) in [6.07, 6.45) is 1.29. The van der Waals surface area contributed by atoms with Crippen LogP contribution in [0.25, 0.3) is 0 Å². The molecule has 0 fully saturated rings. The molecule has 0 atom stereocenters. The highest BCUT2D eigenvalue weighted by atomic mass is 32.2. The highest BCUT2D eigenvalue weighted by Crippen LogP contribution is 2.21. The minimum atomic E-state index is -0.494. The first kappa shape index (κ1) is 15.3. The van der Waals surface area contributed by atoms with Crippen molar-refractivity contribution in [1.29, 1.82) is 0 Å². The Morgan fingerprint density at radius 3 is 2.62 bits per heavy atom. The molecule has 0 aliphatic rings. The summed E-state index contributed by atoms with van der Waals surface area (Å²) < 4.78 is 1.38. The van der Waals surface area contributed by atoms with Crippen LogP contribution in [0.4, 0.5) is 5.69 Å². The third-order valence-corrected chi connectivity index (χ3v) is 4.23. The molecule has 1 heterocycles. The van der Waals surface area contributed by atoms with Crippen molar-refractivity contribution in [3.8, 4) is 0 Å². The van der Waals surface area contributed by atoms with E-state index in [1.54, 1.807) is 11.8 Å². The van der Waals surface area contributed by atoms with Gasteiger partial charge >= 0.3 is 0 Å². The van der Waals surface area contributed by atoms with Crippen LogP contribution in [0.3, 0.4) is 0 Å². The number of aryl methyl sites for hydroxylation is 3. The second kappa shape index (κ2) is 6.58. The van der Waals surface area contributed by atoms with Crippen molar-refractivity contribution in [2.45, 2.75) is 25.3 Å². The van der Waals surface area contributed by atoms with Gasteiger partial charge in [0, 0.05) is 29.3 Å². The number of nitro groups is 1. The topological polar surface area (TPSA) is 65.1 Å². The lowest BCUT2D eigenvalue weighted by Gasteiger charge is -2.07. The van der Waals surface area contributed by atoms with Gasteiger partial charge in [0.25, 0.3) is 11.2 Å². The monoisotopic (exact) mass is 304 g/mol. The lowest BCUT2D eigenvalue weighted by molar-refractivity contribution is -0.385. The molecule has 0 aliphatic heterocycles. The zero-order valence-corrected chi connectivity index (χ0v) is 12.7. The number of hydrogen-bond acceptors (Lipinski definition) is 4. The predicted molar refractivity (Wildman–Crippen MR) is 84.0 cm³/mol. The molecular weight excluding hydrogens is 288 g/mol. The summed E-state index contributed by atoms with van der Waals surface area (Å²) in [6, 6.07) is 8.69. The Morgan fingerprint density at radius 1 is 1.19 bits per heavy atom. The van der Waals surface area contributed by atoms with E-state index in [-0.39, 0.29) is 11.2 Å². The van der Waals surface area contributed by atoms with Crippen LogP contribution in [0.1, 0.15) is 11.1 Å². The average Bonchev–Trinajstić information content (AvgIpc) is 2.44. The highest BCUT2D eigenvalue weighted by Gasteiger charge is 2.07. The summed E-state index contributed by atoms with van der Waals surface area (Å²) in [7, 11) is 0. The Labute approximate surface area is 126 Å². The number of rotatable bonds is 5. The molecule has 0 unspecified atom stereocenters. The molecule has 110 valence electrons. The van der Waals surface area contributed by atoms with E-state index in [1.807, 2.05) is 6.07 Å². The lowest BCUT2D eigenvalue weighted by Crippen LogP contribution is -2.19. The van der Waals surface area contributed by atoms with Crippen LogP contribution in [0.2, 0.25) is 0 Å². The van der Waals surface area contributed by atoms with E-state index in [0.717, 1.165) is 4.90 Å². The summed E-state index contributed by atoms with van der Waals surface area (Å²) in [4.78, 5) is 23.0. The minimum absolute atomic E-state index is 0.0641. The predicted octanol–water partition coefficient (Wildman–Crippen LogP) is 3.17. The van der Waals surface area contributed by atoms with Crippen molar-refractivity contribution in [1.82, 2.24) is 4.57 Å². The van der Waals surface area contributed by atoms with E-state index in [4.69, 9.17) is 0 Å². The number of thioether (sulfide) groups is 1. The maximum Gasteiger partial charge on any atom is 0.285 e. The smallest absolute Gasteiger partial charge is 0.285 e. The fourth-order valence-corrected chi connectivity index (χ4v) is 2.82. The third-order valence-electron chi connectivity index (χ3n) is 3.26. The molecule has 0 radical (unpaired) electrons. The van der Waals surface area contributed by atoms with Gasteiger partial charge in [0.15, 0.2) is 0 Å². The molecule has 0 aliphatic carbocycles. The maximum atomic E-state index is 11.7. The van der Waals surface area contributed by atoms with E-state index >= 15 is 0 Å². The Kier molecular flexibility index (Phi) is 4.80. The molecule has 6 heteroatoms. The molecule has 0 amide bonds. The number of hydrogen-bond donors (Lipinski definition) is 0. The minimum Gasteiger partial charge on any atom is -0.308 e. The zero-order valence-electron chi connectivity index (χ0n) is 11.9. The molecule has 0 saturated carbocycles. The van der Waals surface area contributed by atoms with E-state index in [0.29, 0.717) is 12.3 Å². The van der Waals surface area contributed by atoms with E-state index in [1.165, 1.54) is 34.0 Å². The van der Waals surface area contributed by atoms with Gasteiger partial charge in [0.05, 0.1) is 11.1 Å². The van der Waals surface area contributed by atoms with Gasteiger partial charge in [-0.2, -0.15) is 0 Å². The fraction of sp³-hybridized carbons (Fsp3) is 0.267. The molecule has 5 nitrogen and oxygen atoms in total. The summed E-state index contributed by atoms with van der Waals surface area (Å²) >= 11 is 1.63. The van der Waals surface area contributed by atoms with Gasteiger partial charge < -0.3 is 4.57 Å². The van der Waals surface area contributed by atoms with Crippen LogP contribution < -0.4 is 5.56 Å². The van der Waals surface area contributed by atoms with Crippen molar-refractivity contribution in [2.24, 2.45) is 0 Å². The first-order chi connectivity index (χ1) is 9.97. The number of nitrogens with zero attached hydrogens (tertiary/aromatic N) is 2. The molecule has 0 bridgehead atoms. The second-order valence-electron chi connectivity index (χ2n) is 4.77. The first-order valence-corrected chi connectivity index (χ1v) is 7.51. The van der Waals surface area contributed by atoms with Gasteiger partial charge in [0.1, 0.15) is 0 Å². The van der Waals surface area contributed by atoms with Crippen molar-refractivity contribution < 1.29 is 4.92 Å². The van der Waals surface area contributed by atoms with Crippen molar-refractivity contribution in [3.63, 3.8) is 0 Å². The molecule has 1 aromatic carbocycles. The Morgan fingerprint density at radius 2 is 1.95 bits per heavy atom. The van der Waals surface area contributed by atoms with Gasteiger partial charge in [-0.3, -0.25) is 14.9 Å². The van der Waals surface area contributed by atoms with Crippen LogP contribution in [-0.4, -0.2) is 15.2 Å². The fourth-order valence-electron chi connectivity index (χ4n) is 1.87. The van der Waals surface area contributed by atoms with Gasteiger partial charge in [-0.15, -0.1) is 11.8 Å². The maximum absolute atomic E-state index is 11.7. The van der Waals surface area contributed by atoms with Crippen molar-refractivity contribution >= 4 is 17.4 Å². The van der Waals surface area contributed by atoms with Crippen molar-refractivity contribution in [3.05, 3.63) is 68.1 Å². The number of benzene rings is 1. The molecule has 0 spiro atoms. The quantitative estimate of drug-likeness (QED) is 0.483. The van der Waals surface area contributed by atoms with Gasteiger partial charge in [-0.1, -0.05) is 6.07 Å². The molecular formula is C15H16N2O3S. The average molecular weight is 304 g/mol.